The van der Waals surface area contributed by atoms with Crippen LogP contribution in [0.4, 0.5) is 10.9 Å². The van der Waals surface area contributed by atoms with Crippen LogP contribution in [0.2, 0.25) is 0 Å². The predicted molar refractivity (Wildman–Crippen MR) is 78.2 cm³/mol. The highest BCUT2D eigenvalue weighted by atomic mass is 35.5. The average Bonchev–Trinajstić information content (AvgIpc) is 2.86. The minimum atomic E-state index is -0.325. The Labute approximate surface area is 124 Å². The number of halogens is 1. The molecular formula is C12H11ClN4O2S. The van der Waals surface area contributed by atoms with Crippen molar-refractivity contribution in [3.63, 3.8) is 0 Å². The van der Waals surface area contributed by atoms with E-state index in [1.807, 2.05) is 0 Å². The summed E-state index contributed by atoms with van der Waals surface area (Å²) in [5.74, 6) is 0.0517. The van der Waals surface area contributed by atoms with Crippen LogP contribution >= 0.6 is 22.9 Å². The molecule has 0 aromatic carbocycles. The van der Waals surface area contributed by atoms with E-state index in [-0.39, 0.29) is 11.8 Å². The lowest BCUT2D eigenvalue weighted by Crippen LogP contribution is -2.13. The van der Waals surface area contributed by atoms with Gasteiger partial charge < -0.3 is 5.32 Å². The fourth-order valence-electron chi connectivity index (χ4n) is 1.42. The molecule has 104 valence electrons. The topological polar surface area (TPSA) is 84.0 Å². The Balaban J connectivity index is 2.10. The monoisotopic (exact) mass is 310 g/mol. The van der Waals surface area contributed by atoms with Crippen molar-refractivity contribution < 1.29 is 9.59 Å². The number of carbonyl (C=O) groups excluding carboxylic acids is 2. The Morgan fingerprint density at radius 2 is 2.20 bits per heavy atom. The highest BCUT2D eigenvalue weighted by molar-refractivity contribution is 7.14. The van der Waals surface area contributed by atoms with Crippen molar-refractivity contribution in [3.05, 3.63) is 35.0 Å². The molecule has 20 heavy (non-hydrogen) atoms. The molecule has 0 fully saturated rings. The Morgan fingerprint density at radius 1 is 1.40 bits per heavy atom. The van der Waals surface area contributed by atoms with Crippen molar-refractivity contribution in [2.24, 2.45) is 0 Å². The summed E-state index contributed by atoms with van der Waals surface area (Å²) in [5.41, 5.74) is 1.09. The van der Waals surface area contributed by atoms with E-state index in [0.717, 1.165) is 0 Å². The van der Waals surface area contributed by atoms with Gasteiger partial charge in [-0.05, 0) is 12.1 Å². The molecule has 0 saturated carbocycles. The number of amides is 2. The van der Waals surface area contributed by atoms with Crippen molar-refractivity contribution in [3.8, 4) is 0 Å². The fraction of sp³-hybridized carbons (Fsp3) is 0.167. The quantitative estimate of drug-likeness (QED) is 0.850. The Hall–Kier alpha value is -1.99. The molecule has 8 heteroatoms. The van der Waals surface area contributed by atoms with Crippen molar-refractivity contribution in [2.75, 3.05) is 10.6 Å². The molecule has 0 bridgehead atoms. The van der Waals surface area contributed by atoms with Gasteiger partial charge in [-0.25, -0.2) is 9.97 Å². The maximum absolute atomic E-state index is 12.0. The third kappa shape index (κ3) is 3.75. The summed E-state index contributed by atoms with van der Waals surface area (Å²) < 4.78 is 0. The molecule has 0 saturated heterocycles. The summed E-state index contributed by atoms with van der Waals surface area (Å²) in [7, 11) is 0. The van der Waals surface area contributed by atoms with Gasteiger partial charge in [0.05, 0.1) is 11.6 Å². The second-order valence-electron chi connectivity index (χ2n) is 3.84. The number of pyridine rings is 1. The molecule has 2 heterocycles. The summed E-state index contributed by atoms with van der Waals surface area (Å²) >= 11 is 6.95. The van der Waals surface area contributed by atoms with Gasteiger partial charge in [-0.15, -0.1) is 22.9 Å². The molecule has 2 aromatic rings. The van der Waals surface area contributed by atoms with Gasteiger partial charge in [-0.1, -0.05) is 0 Å². The third-order valence-electron chi connectivity index (χ3n) is 2.24. The molecule has 2 rings (SSSR count). The normalized spacial score (nSPS) is 10.1. The van der Waals surface area contributed by atoms with Crippen LogP contribution in [-0.2, 0) is 10.7 Å². The van der Waals surface area contributed by atoms with E-state index in [4.69, 9.17) is 11.6 Å². The number of alkyl halides is 1. The summed E-state index contributed by atoms with van der Waals surface area (Å²) in [4.78, 5) is 31.1. The number of hydrogen-bond acceptors (Lipinski definition) is 5. The minimum Gasteiger partial charge on any atom is -0.311 e. The molecule has 2 amide bonds. The van der Waals surface area contributed by atoms with Crippen LogP contribution in [-0.4, -0.2) is 21.8 Å². The van der Waals surface area contributed by atoms with E-state index >= 15 is 0 Å². The van der Waals surface area contributed by atoms with Crippen LogP contribution in [0.15, 0.2) is 23.7 Å². The third-order valence-corrected chi connectivity index (χ3v) is 3.32. The van der Waals surface area contributed by atoms with Crippen LogP contribution in [0.25, 0.3) is 0 Å². The zero-order chi connectivity index (χ0) is 14.5. The number of carbonyl (C=O) groups is 2. The number of nitrogens with one attached hydrogen (secondary N) is 2. The van der Waals surface area contributed by atoms with Crippen LogP contribution in [0.5, 0.6) is 0 Å². The van der Waals surface area contributed by atoms with Gasteiger partial charge in [0.25, 0.3) is 5.91 Å². The summed E-state index contributed by atoms with van der Waals surface area (Å²) in [6.07, 6.45) is 1.45. The Morgan fingerprint density at radius 3 is 2.85 bits per heavy atom. The molecular weight excluding hydrogens is 300 g/mol. The molecule has 0 radical (unpaired) electrons. The summed E-state index contributed by atoms with van der Waals surface area (Å²) in [5, 5.41) is 7.43. The largest absolute Gasteiger partial charge is 0.311 e. The minimum absolute atomic E-state index is 0.248. The van der Waals surface area contributed by atoms with Gasteiger partial charge >= 0.3 is 0 Å². The standard InChI is InChI=1S/C12H11ClN4O2S/c1-7(18)15-10-4-8(2-3-14-10)11(19)17-12-16-9(5-13)6-20-12/h2-4,6H,5H2,1H3,(H,14,15,18)(H,16,17,19). The Kier molecular flexibility index (Phi) is 4.65. The molecule has 2 aromatic heterocycles. The van der Waals surface area contributed by atoms with Gasteiger partial charge in [0, 0.05) is 24.1 Å². The lowest BCUT2D eigenvalue weighted by atomic mass is 10.2. The first kappa shape index (κ1) is 14.4. The Bertz CT molecular complexity index is 644. The highest BCUT2D eigenvalue weighted by Crippen LogP contribution is 2.18. The molecule has 0 atom stereocenters. The van der Waals surface area contributed by atoms with Crippen molar-refractivity contribution in [2.45, 2.75) is 12.8 Å². The van der Waals surface area contributed by atoms with Gasteiger partial charge in [-0.3, -0.25) is 14.9 Å². The molecule has 6 nitrogen and oxygen atoms in total. The SMILES string of the molecule is CC(=O)Nc1cc(C(=O)Nc2nc(CCl)cs2)ccn1. The van der Waals surface area contributed by atoms with E-state index in [9.17, 15) is 9.59 Å². The zero-order valence-corrected chi connectivity index (χ0v) is 12.1. The number of rotatable bonds is 4. The maximum Gasteiger partial charge on any atom is 0.257 e. The fourth-order valence-corrected chi connectivity index (χ4v) is 2.35. The van der Waals surface area contributed by atoms with E-state index < -0.39 is 0 Å². The van der Waals surface area contributed by atoms with E-state index in [1.54, 1.807) is 11.4 Å². The van der Waals surface area contributed by atoms with E-state index in [2.05, 4.69) is 20.6 Å². The van der Waals surface area contributed by atoms with Gasteiger partial charge in [0.2, 0.25) is 5.91 Å². The number of anilines is 2. The lowest BCUT2D eigenvalue weighted by Gasteiger charge is -2.04. The van der Waals surface area contributed by atoms with E-state index in [0.29, 0.717) is 28.1 Å². The summed E-state index contributed by atoms with van der Waals surface area (Å²) in [6.45, 7) is 1.37. The summed E-state index contributed by atoms with van der Waals surface area (Å²) in [6, 6.07) is 3.05. The molecule has 0 spiro atoms. The predicted octanol–water partition coefficient (Wildman–Crippen LogP) is 2.49. The lowest BCUT2D eigenvalue weighted by molar-refractivity contribution is -0.114. The highest BCUT2D eigenvalue weighted by Gasteiger charge is 2.10. The van der Waals surface area contributed by atoms with Crippen LogP contribution in [0, 0.1) is 0 Å². The average molecular weight is 311 g/mol. The van der Waals surface area contributed by atoms with Gasteiger partial charge in [0.15, 0.2) is 5.13 Å². The molecule has 0 aliphatic carbocycles. The van der Waals surface area contributed by atoms with Crippen molar-refractivity contribution >= 4 is 45.7 Å². The number of nitrogens with zero attached hydrogens (tertiary/aromatic N) is 2. The molecule has 0 aliphatic rings. The first-order valence-electron chi connectivity index (χ1n) is 5.64. The first-order valence-corrected chi connectivity index (χ1v) is 7.05. The van der Waals surface area contributed by atoms with Crippen LogP contribution in [0.1, 0.15) is 23.0 Å². The number of thiazole rings is 1. The van der Waals surface area contributed by atoms with Gasteiger partial charge in [-0.2, -0.15) is 0 Å². The van der Waals surface area contributed by atoms with E-state index in [1.165, 1.54) is 30.5 Å². The second-order valence-corrected chi connectivity index (χ2v) is 4.97. The molecule has 0 unspecified atom stereocenters. The zero-order valence-electron chi connectivity index (χ0n) is 10.5. The van der Waals surface area contributed by atoms with Crippen LogP contribution < -0.4 is 10.6 Å². The first-order chi connectivity index (χ1) is 9.58. The van der Waals surface area contributed by atoms with Crippen molar-refractivity contribution in [1.29, 1.82) is 0 Å². The smallest absolute Gasteiger partial charge is 0.257 e. The van der Waals surface area contributed by atoms with Crippen LogP contribution in [0.3, 0.4) is 0 Å². The number of hydrogen-bond donors (Lipinski definition) is 2. The van der Waals surface area contributed by atoms with Crippen molar-refractivity contribution in [1.82, 2.24) is 9.97 Å². The van der Waals surface area contributed by atoms with Gasteiger partial charge in [0.1, 0.15) is 5.82 Å². The second kappa shape index (κ2) is 6.44. The molecule has 0 aliphatic heterocycles. The maximum atomic E-state index is 12.0. The number of aromatic nitrogens is 2. The molecule has 2 N–H and O–H groups in total.